The number of carbonyl (C=O) groups is 1. The number of unbranched alkanes of at least 4 members (excludes halogenated alkanes) is 1. The Hall–Kier alpha value is -1.42. The number of hydrogen-bond acceptors (Lipinski definition) is 2. The smallest absolute Gasteiger partial charge is 0.217 e. The van der Waals surface area contributed by atoms with Crippen molar-refractivity contribution in [1.82, 2.24) is 5.32 Å². The van der Waals surface area contributed by atoms with Gasteiger partial charge in [-0.2, -0.15) is 0 Å². The number of primary amides is 1. The predicted octanol–water partition coefficient (Wildman–Crippen LogP) is 1.57. The van der Waals surface area contributed by atoms with Crippen LogP contribution in [0.2, 0.25) is 0 Å². The average Bonchev–Trinajstić information content (AvgIpc) is 2.25. The van der Waals surface area contributed by atoms with Crippen LogP contribution < -0.4 is 11.1 Å². The molecule has 1 aromatic carbocycles. The number of hydrogen-bond donors (Lipinski definition) is 2. The summed E-state index contributed by atoms with van der Waals surface area (Å²) in [6.07, 6.45) is 2.17. The third-order valence-corrected chi connectivity index (χ3v) is 2.27. The lowest BCUT2D eigenvalue weighted by molar-refractivity contribution is -0.118. The normalized spacial score (nSPS) is 10.3. The minimum Gasteiger partial charge on any atom is -0.370 e. The van der Waals surface area contributed by atoms with Crippen molar-refractivity contribution in [2.75, 3.05) is 6.54 Å². The first-order valence-electron chi connectivity index (χ1n) is 5.42. The lowest BCUT2D eigenvalue weighted by Gasteiger charge is -2.04. The molecule has 0 aliphatic carbocycles. The molecule has 0 aliphatic rings. The van der Waals surface area contributed by atoms with Gasteiger partial charge >= 0.3 is 0 Å². The Morgan fingerprint density at radius 1 is 1.25 bits per heavy atom. The van der Waals surface area contributed by atoms with Gasteiger partial charge in [0.25, 0.3) is 0 Å². The van der Waals surface area contributed by atoms with Gasteiger partial charge in [-0.15, -0.1) is 0 Å². The van der Waals surface area contributed by atoms with E-state index in [4.69, 9.17) is 5.73 Å². The fraction of sp³-hybridized carbons (Fsp3) is 0.417. The summed E-state index contributed by atoms with van der Waals surface area (Å²) >= 11 is 0. The molecule has 0 saturated heterocycles. The summed E-state index contributed by atoms with van der Waals surface area (Å²) < 4.78 is 12.6. The first-order chi connectivity index (χ1) is 7.68. The van der Waals surface area contributed by atoms with Crippen molar-refractivity contribution in [3.63, 3.8) is 0 Å². The number of amides is 1. The standard InChI is InChI=1S/C12H17FN2O/c13-11-6-4-10(5-7-11)9-15-8-2-1-3-12(14)16/h4-7,15H,1-3,8-9H2,(H2,14,16). The van der Waals surface area contributed by atoms with E-state index >= 15 is 0 Å². The van der Waals surface area contributed by atoms with E-state index in [0.717, 1.165) is 31.5 Å². The molecule has 1 amide bonds. The molecule has 3 nitrogen and oxygen atoms in total. The maximum Gasteiger partial charge on any atom is 0.217 e. The molecule has 0 aliphatic heterocycles. The van der Waals surface area contributed by atoms with Gasteiger partial charge in [-0.3, -0.25) is 4.79 Å². The third kappa shape index (κ3) is 5.46. The van der Waals surface area contributed by atoms with E-state index in [9.17, 15) is 9.18 Å². The molecule has 0 radical (unpaired) electrons. The minimum atomic E-state index is -0.251. The first kappa shape index (κ1) is 12.6. The summed E-state index contributed by atoms with van der Waals surface area (Å²) in [6.45, 7) is 1.56. The van der Waals surface area contributed by atoms with Gasteiger partial charge in [0.1, 0.15) is 5.82 Å². The lowest BCUT2D eigenvalue weighted by atomic mass is 10.2. The van der Waals surface area contributed by atoms with Crippen LogP contribution in [0.4, 0.5) is 4.39 Å². The number of nitrogens with two attached hydrogens (primary N) is 1. The summed E-state index contributed by atoms with van der Waals surface area (Å²) in [6, 6.07) is 6.41. The third-order valence-electron chi connectivity index (χ3n) is 2.27. The van der Waals surface area contributed by atoms with Crippen LogP contribution in [0.5, 0.6) is 0 Å². The zero-order valence-electron chi connectivity index (χ0n) is 9.21. The molecule has 0 fully saturated rings. The van der Waals surface area contributed by atoms with Crippen LogP contribution in [-0.2, 0) is 11.3 Å². The molecule has 0 spiro atoms. The Morgan fingerprint density at radius 2 is 1.94 bits per heavy atom. The lowest BCUT2D eigenvalue weighted by Crippen LogP contribution is -2.16. The van der Waals surface area contributed by atoms with E-state index < -0.39 is 0 Å². The minimum absolute atomic E-state index is 0.217. The van der Waals surface area contributed by atoms with Crippen molar-refractivity contribution in [2.45, 2.75) is 25.8 Å². The van der Waals surface area contributed by atoms with Crippen LogP contribution in [-0.4, -0.2) is 12.5 Å². The van der Waals surface area contributed by atoms with Crippen molar-refractivity contribution in [3.8, 4) is 0 Å². The number of nitrogens with one attached hydrogen (secondary N) is 1. The van der Waals surface area contributed by atoms with Crippen molar-refractivity contribution >= 4 is 5.91 Å². The SMILES string of the molecule is NC(=O)CCCCNCc1ccc(F)cc1. The predicted molar refractivity (Wildman–Crippen MR) is 61.2 cm³/mol. The highest BCUT2D eigenvalue weighted by atomic mass is 19.1. The van der Waals surface area contributed by atoms with Gasteiger partial charge in [-0.25, -0.2) is 4.39 Å². The number of halogens is 1. The Morgan fingerprint density at radius 3 is 2.56 bits per heavy atom. The molecule has 16 heavy (non-hydrogen) atoms. The highest BCUT2D eigenvalue weighted by Crippen LogP contribution is 2.02. The summed E-state index contributed by atoms with van der Waals surface area (Å²) in [5.74, 6) is -0.469. The first-order valence-corrected chi connectivity index (χ1v) is 5.42. The van der Waals surface area contributed by atoms with E-state index in [1.807, 2.05) is 0 Å². The quantitative estimate of drug-likeness (QED) is 0.691. The second-order valence-corrected chi connectivity index (χ2v) is 3.73. The molecule has 3 N–H and O–H groups in total. The van der Waals surface area contributed by atoms with E-state index in [1.54, 1.807) is 12.1 Å². The molecule has 88 valence electrons. The van der Waals surface area contributed by atoms with Gasteiger partial charge in [0.05, 0.1) is 0 Å². The Kier molecular flexibility index (Phi) is 5.50. The van der Waals surface area contributed by atoms with E-state index in [1.165, 1.54) is 12.1 Å². The van der Waals surface area contributed by atoms with Crippen molar-refractivity contribution < 1.29 is 9.18 Å². The highest BCUT2D eigenvalue weighted by molar-refractivity contribution is 5.73. The fourth-order valence-electron chi connectivity index (χ4n) is 1.38. The number of rotatable bonds is 7. The van der Waals surface area contributed by atoms with Crippen LogP contribution >= 0.6 is 0 Å². The Labute approximate surface area is 94.8 Å². The molecule has 1 aromatic rings. The summed E-state index contributed by atoms with van der Waals surface area (Å²) in [4.78, 5) is 10.5. The maximum atomic E-state index is 12.6. The summed E-state index contributed by atoms with van der Waals surface area (Å²) in [5.41, 5.74) is 6.07. The van der Waals surface area contributed by atoms with E-state index in [-0.39, 0.29) is 11.7 Å². The van der Waals surface area contributed by atoms with Gasteiger partial charge in [-0.05, 0) is 37.1 Å². The Bertz CT molecular complexity index is 324. The molecule has 0 bridgehead atoms. The van der Waals surface area contributed by atoms with Crippen LogP contribution in [0.25, 0.3) is 0 Å². The molecule has 0 aromatic heterocycles. The van der Waals surface area contributed by atoms with Crippen LogP contribution in [0.1, 0.15) is 24.8 Å². The average molecular weight is 224 g/mol. The molecule has 0 heterocycles. The van der Waals surface area contributed by atoms with Crippen LogP contribution in [0, 0.1) is 5.82 Å². The summed E-state index contributed by atoms with van der Waals surface area (Å²) in [7, 11) is 0. The van der Waals surface area contributed by atoms with Gasteiger partial charge in [0.2, 0.25) is 5.91 Å². The molecule has 0 atom stereocenters. The van der Waals surface area contributed by atoms with Crippen LogP contribution in [0.3, 0.4) is 0 Å². The molecule has 1 rings (SSSR count). The molecule has 0 saturated carbocycles. The zero-order chi connectivity index (χ0) is 11.8. The number of benzene rings is 1. The Balaban J connectivity index is 2.07. The van der Waals surface area contributed by atoms with Crippen LogP contribution in [0.15, 0.2) is 24.3 Å². The second kappa shape index (κ2) is 6.95. The second-order valence-electron chi connectivity index (χ2n) is 3.73. The van der Waals surface area contributed by atoms with Crippen molar-refractivity contribution in [2.24, 2.45) is 5.73 Å². The molecule has 0 unspecified atom stereocenters. The topological polar surface area (TPSA) is 55.1 Å². The monoisotopic (exact) mass is 224 g/mol. The summed E-state index contributed by atoms with van der Waals surface area (Å²) in [5, 5.41) is 3.22. The van der Waals surface area contributed by atoms with Gasteiger partial charge in [0, 0.05) is 13.0 Å². The van der Waals surface area contributed by atoms with E-state index in [2.05, 4.69) is 5.32 Å². The largest absolute Gasteiger partial charge is 0.370 e. The fourth-order valence-corrected chi connectivity index (χ4v) is 1.38. The zero-order valence-corrected chi connectivity index (χ0v) is 9.21. The van der Waals surface area contributed by atoms with Gasteiger partial charge in [-0.1, -0.05) is 12.1 Å². The molecular formula is C12H17FN2O. The maximum absolute atomic E-state index is 12.6. The van der Waals surface area contributed by atoms with Gasteiger partial charge in [0.15, 0.2) is 0 Å². The van der Waals surface area contributed by atoms with Crippen molar-refractivity contribution in [3.05, 3.63) is 35.6 Å². The highest BCUT2D eigenvalue weighted by Gasteiger charge is 1.95. The van der Waals surface area contributed by atoms with Gasteiger partial charge < -0.3 is 11.1 Å². The molecular weight excluding hydrogens is 207 g/mol. The van der Waals surface area contributed by atoms with E-state index in [0.29, 0.717) is 6.42 Å². The number of carbonyl (C=O) groups excluding carboxylic acids is 1. The van der Waals surface area contributed by atoms with Crippen molar-refractivity contribution in [1.29, 1.82) is 0 Å². The molecule has 4 heteroatoms.